The Morgan fingerprint density at radius 3 is 2.50 bits per heavy atom. The van der Waals surface area contributed by atoms with Crippen LogP contribution in [-0.4, -0.2) is 70.9 Å². The maximum Gasteiger partial charge on any atom is 0.127 e. The van der Waals surface area contributed by atoms with Crippen LogP contribution in [0.2, 0.25) is 5.02 Å². The highest BCUT2D eigenvalue weighted by atomic mass is 35.5. The van der Waals surface area contributed by atoms with Gasteiger partial charge in [0.15, 0.2) is 0 Å². The van der Waals surface area contributed by atoms with E-state index < -0.39 is 37.1 Å². The van der Waals surface area contributed by atoms with Crippen molar-refractivity contribution in [2.75, 3.05) is 19.8 Å². The van der Waals surface area contributed by atoms with Crippen LogP contribution in [-0.2, 0) is 16.0 Å². The van der Waals surface area contributed by atoms with Gasteiger partial charge in [0, 0.05) is 5.02 Å². The van der Waals surface area contributed by atoms with Gasteiger partial charge in [-0.15, -0.1) is 0 Å². The molecule has 0 spiro atoms. The lowest BCUT2D eigenvalue weighted by atomic mass is 9.90. The number of benzene rings is 2. The van der Waals surface area contributed by atoms with Crippen LogP contribution < -0.4 is 4.74 Å². The van der Waals surface area contributed by atoms with Crippen molar-refractivity contribution in [3.63, 3.8) is 0 Å². The van der Waals surface area contributed by atoms with Crippen molar-refractivity contribution in [1.82, 2.24) is 0 Å². The van der Waals surface area contributed by atoms with E-state index in [1.807, 2.05) is 31.2 Å². The average molecular weight is 466 g/mol. The molecule has 1 aliphatic rings. The molecule has 1 aliphatic heterocycles. The van der Waals surface area contributed by atoms with Crippen LogP contribution in [0.3, 0.4) is 0 Å². The van der Waals surface area contributed by atoms with E-state index in [4.69, 9.17) is 25.9 Å². The highest BCUT2D eigenvalue weighted by Gasteiger charge is 2.44. The molecule has 4 N–H and O–H groups in total. The van der Waals surface area contributed by atoms with Crippen LogP contribution >= 0.6 is 11.6 Å². The molecule has 9 heteroatoms. The predicted molar refractivity (Wildman–Crippen MR) is 119 cm³/mol. The molecule has 32 heavy (non-hydrogen) atoms. The number of aliphatic hydroxyl groups excluding tert-OH is 4. The molecule has 2 aromatic rings. The van der Waals surface area contributed by atoms with Crippen molar-refractivity contribution >= 4 is 17.8 Å². The molecule has 3 rings (SSSR count). The lowest BCUT2D eigenvalue weighted by Crippen LogP contribution is -2.55. The van der Waals surface area contributed by atoms with E-state index >= 15 is 0 Å². The van der Waals surface area contributed by atoms with Crippen LogP contribution in [0.25, 0.3) is 0 Å². The molecule has 1 heterocycles. The summed E-state index contributed by atoms with van der Waals surface area (Å²) < 4.78 is 11.2. The van der Waals surface area contributed by atoms with E-state index in [2.05, 4.69) is 5.16 Å². The highest BCUT2D eigenvalue weighted by molar-refractivity contribution is 6.31. The van der Waals surface area contributed by atoms with Gasteiger partial charge in [0.2, 0.25) is 0 Å². The fourth-order valence-electron chi connectivity index (χ4n) is 3.50. The van der Waals surface area contributed by atoms with E-state index in [0.717, 1.165) is 11.1 Å². The van der Waals surface area contributed by atoms with E-state index in [-0.39, 0.29) is 0 Å². The van der Waals surface area contributed by atoms with Gasteiger partial charge < -0.3 is 34.7 Å². The van der Waals surface area contributed by atoms with Gasteiger partial charge in [-0.3, -0.25) is 0 Å². The largest absolute Gasteiger partial charge is 0.488 e. The number of ether oxygens (including phenoxy) is 2. The minimum Gasteiger partial charge on any atom is -0.488 e. The van der Waals surface area contributed by atoms with Crippen molar-refractivity contribution < 1.29 is 34.7 Å². The summed E-state index contributed by atoms with van der Waals surface area (Å²) in [7, 11) is 0. The molecule has 0 bridgehead atoms. The van der Waals surface area contributed by atoms with Crippen molar-refractivity contribution in [2.45, 2.75) is 43.9 Å². The zero-order chi connectivity index (χ0) is 23.1. The number of rotatable bonds is 9. The van der Waals surface area contributed by atoms with Crippen molar-refractivity contribution in [3.8, 4) is 5.75 Å². The first kappa shape index (κ1) is 24.4. The molecule has 0 unspecified atom stereocenters. The molecule has 1 saturated heterocycles. The normalized spacial score (nSPS) is 25.8. The number of oxime groups is 1. The first-order chi connectivity index (χ1) is 15.4. The summed E-state index contributed by atoms with van der Waals surface area (Å²) in [6.07, 6.45) is -3.98. The molecule has 0 aromatic heterocycles. The average Bonchev–Trinajstić information content (AvgIpc) is 2.80. The van der Waals surface area contributed by atoms with Gasteiger partial charge in [-0.2, -0.15) is 0 Å². The van der Waals surface area contributed by atoms with Gasteiger partial charge in [-0.05, 0) is 48.2 Å². The van der Waals surface area contributed by atoms with Crippen LogP contribution in [0.4, 0.5) is 0 Å². The Morgan fingerprint density at radius 2 is 1.81 bits per heavy atom. The van der Waals surface area contributed by atoms with E-state index in [1.165, 1.54) is 0 Å². The zero-order valence-corrected chi connectivity index (χ0v) is 18.4. The molecule has 8 nitrogen and oxygen atoms in total. The maximum atomic E-state index is 10.4. The lowest BCUT2D eigenvalue weighted by molar-refractivity contribution is -0.231. The Bertz CT molecular complexity index is 890. The fraction of sp³-hybridized carbons (Fsp3) is 0.435. The Hall–Kier alpha value is -2.20. The second-order valence-corrected chi connectivity index (χ2v) is 7.85. The molecule has 174 valence electrons. The second kappa shape index (κ2) is 11.6. The van der Waals surface area contributed by atoms with E-state index in [9.17, 15) is 20.4 Å². The molecular formula is C23H28ClNO7. The summed E-state index contributed by atoms with van der Waals surface area (Å²) in [4.78, 5) is 4.87. The molecule has 1 fully saturated rings. The summed E-state index contributed by atoms with van der Waals surface area (Å²) >= 11 is 6.39. The third-order valence-electron chi connectivity index (χ3n) is 5.21. The van der Waals surface area contributed by atoms with Gasteiger partial charge in [-0.1, -0.05) is 41.0 Å². The molecule has 0 saturated carbocycles. The van der Waals surface area contributed by atoms with E-state index in [0.29, 0.717) is 36.0 Å². The lowest BCUT2D eigenvalue weighted by Gasteiger charge is -2.40. The Kier molecular flexibility index (Phi) is 8.86. The molecule has 0 amide bonds. The van der Waals surface area contributed by atoms with Gasteiger partial charge >= 0.3 is 0 Å². The molecular weight excluding hydrogens is 438 g/mol. The first-order valence-corrected chi connectivity index (χ1v) is 10.8. The zero-order valence-electron chi connectivity index (χ0n) is 17.7. The maximum absolute atomic E-state index is 10.4. The van der Waals surface area contributed by atoms with Gasteiger partial charge in [0.1, 0.15) is 49.5 Å². The van der Waals surface area contributed by atoms with Gasteiger partial charge in [-0.25, -0.2) is 0 Å². The van der Waals surface area contributed by atoms with Crippen LogP contribution in [0.1, 0.15) is 29.7 Å². The molecule has 5 atom stereocenters. The number of nitrogens with zero attached hydrogens (tertiary/aromatic N) is 1. The topological polar surface area (TPSA) is 121 Å². The standard InChI is InChI=1S/C23H28ClNO7/c1-2-31-25-9-10-30-17-6-3-14(4-7-17)11-16-12-15(5-8-18(16)24)23-22(29)21(28)20(27)19(13-26)32-23/h3-9,12,19-23,26-29H,2,10-11,13H2,1H3/t19-,20-,21+,22-,23+/m1/s1. The van der Waals surface area contributed by atoms with Gasteiger partial charge in [0.05, 0.1) is 12.8 Å². The third-order valence-corrected chi connectivity index (χ3v) is 5.58. The van der Waals surface area contributed by atoms with Crippen molar-refractivity contribution in [1.29, 1.82) is 0 Å². The second-order valence-electron chi connectivity index (χ2n) is 7.44. The van der Waals surface area contributed by atoms with Crippen LogP contribution in [0.15, 0.2) is 47.6 Å². The van der Waals surface area contributed by atoms with Gasteiger partial charge in [0.25, 0.3) is 0 Å². The smallest absolute Gasteiger partial charge is 0.127 e. The quantitative estimate of drug-likeness (QED) is 0.329. The third kappa shape index (κ3) is 5.98. The number of hydrogen-bond acceptors (Lipinski definition) is 8. The first-order valence-electron chi connectivity index (χ1n) is 10.4. The van der Waals surface area contributed by atoms with Crippen molar-refractivity contribution in [2.24, 2.45) is 5.16 Å². The summed E-state index contributed by atoms with van der Waals surface area (Å²) in [5.41, 5.74) is 2.39. The predicted octanol–water partition coefficient (Wildman–Crippen LogP) is 1.85. The minimum atomic E-state index is -1.43. The van der Waals surface area contributed by atoms with Crippen LogP contribution in [0.5, 0.6) is 5.75 Å². The highest BCUT2D eigenvalue weighted by Crippen LogP contribution is 2.34. The summed E-state index contributed by atoms with van der Waals surface area (Å²) in [5, 5.41) is 44.1. The summed E-state index contributed by atoms with van der Waals surface area (Å²) in [6.45, 7) is 2.17. The fourth-order valence-corrected chi connectivity index (χ4v) is 3.68. The van der Waals surface area contributed by atoms with E-state index in [1.54, 1.807) is 24.4 Å². The number of halogens is 1. The molecule has 0 aliphatic carbocycles. The Labute approximate surface area is 191 Å². The number of hydrogen-bond donors (Lipinski definition) is 4. The summed E-state index contributed by atoms with van der Waals surface area (Å²) in [6, 6.07) is 12.7. The van der Waals surface area contributed by atoms with Crippen molar-refractivity contribution in [3.05, 3.63) is 64.2 Å². The molecule has 2 aromatic carbocycles. The Morgan fingerprint density at radius 1 is 1.06 bits per heavy atom. The minimum absolute atomic E-state index is 0.298. The molecule has 0 radical (unpaired) electrons. The monoisotopic (exact) mass is 465 g/mol. The summed E-state index contributed by atoms with van der Waals surface area (Å²) in [5.74, 6) is 0.692. The van der Waals surface area contributed by atoms with Crippen LogP contribution in [0, 0.1) is 0 Å². The SMILES string of the molecule is CCON=CCOc1ccc(Cc2cc([C@@H]3O[C@H](CO)[C@@H](O)[C@H](O)[C@H]3O)ccc2Cl)cc1. The number of aliphatic hydroxyl groups is 4. The Balaban J connectivity index is 1.69.